The molecule has 2 heterocycles. The number of nitrogens with zero attached hydrogens (tertiary/aromatic N) is 1. The van der Waals surface area contributed by atoms with Crippen LogP contribution in [0.5, 0.6) is 0 Å². The Morgan fingerprint density at radius 2 is 2.22 bits per heavy atom. The van der Waals surface area contributed by atoms with Crippen molar-refractivity contribution in [2.24, 2.45) is 0 Å². The lowest BCUT2D eigenvalue weighted by Gasteiger charge is -2.39. The summed E-state index contributed by atoms with van der Waals surface area (Å²) < 4.78 is 10.6. The van der Waals surface area contributed by atoms with Crippen LogP contribution >= 0.6 is 0 Å². The molecule has 3 N–H and O–H groups in total. The number of hydrogen-bond acceptors (Lipinski definition) is 6. The van der Waals surface area contributed by atoms with Gasteiger partial charge in [0.15, 0.2) is 0 Å². The molecule has 1 aliphatic rings. The Bertz CT molecular complexity index is 836. The van der Waals surface area contributed by atoms with Crippen molar-refractivity contribution < 1.29 is 28.8 Å². The van der Waals surface area contributed by atoms with E-state index in [4.69, 9.17) is 9.15 Å². The number of hydrogen-bond donors (Lipinski definition) is 3. The molecule has 1 aromatic heterocycles. The molecule has 1 fully saturated rings. The van der Waals surface area contributed by atoms with Crippen molar-refractivity contribution >= 4 is 30.1 Å². The first-order valence-electron chi connectivity index (χ1n) is 8.67. The molecular weight excluding hydrogens is 351 g/mol. The lowest BCUT2D eigenvalue weighted by atomic mass is 9.76. The van der Waals surface area contributed by atoms with Crippen molar-refractivity contribution in [2.75, 3.05) is 13.2 Å². The van der Waals surface area contributed by atoms with Crippen LogP contribution in [0.4, 0.5) is 4.79 Å². The van der Waals surface area contributed by atoms with Gasteiger partial charge in [0.2, 0.25) is 5.91 Å². The van der Waals surface area contributed by atoms with E-state index in [9.17, 15) is 19.6 Å². The molecule has 1 aromatic carbocycles. The first-order chi connectivity index (χ1) is 13.0. The first kappa shape index (κ1) is 19.0. The molecule has 0 aliphatic carbocycles. The van der Waals surface area contributed by atoms with E-state index in [0.717, 1.165) is 17.4 Å². The number of benzene rings is 1. The van der Waals surface area contributed by atoms with Gasteiger partial charge in [-0.2, -0.15) is 0 Å². The fourth-order valence-electron chi connectivity index (χ4n) is 3.05. The van der Waals surface area contributed by atoms with Gasteiger partial charge in [0.25, 0.3) is 0 Å². The van der Waals surface area contributed by atoms with Crippen molar-refractivity contribution in [1.82, 2.24) is 10.2 Å². The van der Waals surface area contributed by atoms with E-state index in [0.29, 0.717) is 12.1 Å². The minimum Gasteiger partial charge on any atom is -0.464 e. The van der Waals surface area contributed by atoms with Crippen LogP contribution in [-0.4, -0.2) is 59.2 Å². The number of nitrogens with one attached hydrogen (secondary N) is 1. The standard InChI is InChI=1S/C18H21BN2O6/c1-2-17(22)21-8-7-13(21)11-27-18(23)20-16(19(24)25)9-12-10-26-15-6-4-3-5-14(12)15/h2-6,10,13,16,24-25H,1,7-9,11H2,(H,20,23)/t13?,16-/m0/s1. The second-order valence-corrected chi connectivity index (χ2v) is 6.40. The van der Waals surface area contributed by atoms with Gasteiger partial charge in [-0.1, -0.05) is 24.8 Å². The highest BCUT2D eigenvalue weighted by molar-refractivity contribution is 6.43. The predicted octanol–water partition coefficient (Wildman–Crippen LogP) is 0.869. The monoisotopic (exact) mass is 372 g/mol. The molecular formula is C18H21BN2O6. The summed E-state index contributed by atoms with van der Waals surface area (Å²) in [5, 5.41) is 22.5. The van der Waals surface area contributed by atoms with Gasteiger partial charge < -0.3 is 29.4 Å². The Balaban J connectivity index is 1.55. The van der Waals surface area contributed by atoms with Crippen LogP contribution in [0, 0.1) is 0 Å². The number of ether oxygens (including phenoxy) is 1. The van der Waals surface area contributed by atoms with Crippen molar-refractivity contribution in [3.8, 4) is 0 Å². The maximum Gasteiger partial charge on any atom is 0.475 e. The SMILES string of the molecule is C=CC(=O)N1CCC1COC(=O)N[C@@H](Cc1coc2ccccc12)B(O)O. The Morgan fingerprint density at radius 3 is 2.89 bits per heavy atom. The second kappa shape index (κ2) is 8.28. The predicted molar refractivity (Wildman–Crippen MR) is 98.7 cm³/mol. The molecule has 8 nitrogen and oxygen atoms in total. The summed E-state index contributed by atoms with van der Waals surface area (Å²) >= 11 is 0. The molecule has 9 heteroatoms. The topological polar surface area (TPSA) is 112 Å². The average Bonchev–Trinajstić information content (AvgIpc) is 3.03. The number of amides is 2. The Kier molecular flexibility index (Phi) is 5.83. The highest BCUT2D eigenvalue weighted by Gasteiger charge is 2.33. The van der Waals surface area contributed by atoms with Gasteiger partial charge in [-0.05, 0) is 30.5 Å². The van der Waals surface area contributed by atoms with Crippen LogP contribution < -0.4 is 5.32 Å². The Labute approximate surface area is 156 Å². The molecule has 0 radical (unpaired) electrons. The number of furan rings is 1. The number of rotatable bonds is 7. The van der Waals surface area contributed by atoms with E-state index in [1.807, 2.05) is 18.2 Å². The minimum absolute atomic E-state index is 0.0360. The van der Waals surface area contributed by atoms with Gasteiger partial charge in [0.1, 0.15) is 12.2 Å². The number of carbonyl (C=O) groups excluding carboxylic acids is 2. The largest absolute Gasteiger partial charge is 0.475 e. The van der Waals surface area contributed by atoms with E-state index in [1.165, 1.54) is 12.3 Å². The van der Waals surface area contributed by atoms with E-state index >= 15 is 0 Å². The molecule has 1 saturated heterocycles. The summed E-state index contributed by atoms with van der Waals surface area (Å²) in [7, 11) is -1.77. The van der Waals surface area contributed by atoms with Crippen molar-refractivity contribution in [1.29, 1.82) is 0 Å². The van der Waals surface area contributed by atoms with E-state index in [-0.39, 0.29) is 25.0 Å². The number of para-hydroxylation sites is 1. The van der Waals surface area contributed by atoms with Gasteiger partial charge in [-0.15, -0.1) is 0 Å². The van der Waals surface area contributed by atoms with Crippen molar-refractivity contribution in [3.63, 3.8) is 0 Å². The van der Waals surface area contributed by atoms with Gasteiger partial charge >= 0.3 is 13.2 Å². The zero-order chi connectivity index (χ0) is 19.4. The zero-order valence-electron chi connectivity index (χ0n) is 14.7. The van der Waals surface area contributed by atoms with Crippen molar-refractivity contribution in [3.05, 3.63) is 48.7 Å². The second-order valence-electron chi connectivity index (χ2n) is 6.40. The van der Waals surface area contributed by atoms with Gasteiger partial charge in [-0.3, -0.25) is 4.79 Å². The highest BCUT2D eigenvalue weighted by atomic mass is 16.5. The van der Waals surface area contributed by atoms with Crippen molar-refractivity contribution in [2.45, 2.75) is 24.8 Å². The van der Waals surface area contributed by atoms with E-state index in [2.05, 4.69) is 11.9 Å². The molecule has 142 valence electrons. The third-order valence-electron chi connectivity index (χ3n) is 4.67. The summed E-state index contributed by atoms with van der Waals surface area (Å²) in [5.74, 6) is -1.17. The molecule has 1 aliphatic heterocycles. The summed E-state index contributed by atoms with van der Waals surface area (Å²) in [6.45, 7) is 4.07. The summed E-state index contributed by atoms with van der Waals surface area (Å²) in [6.07, 6.45) is 2.87. The molecule has 2 amide bonds. The maximum atomic E-state index is 12.0. The molecule has 0 bridgehead atoms. The zero-order valence-corrected chi connectivity index (χ0v) is 14.7. The number of fused-ring (bicyclic) bond motifs is 1. The minimum atomic E-state index is -1.77. The van der Waals surface area contributed by atoms with E-state index in [1.54, 1.807) is 11.0 Å². The van der Waals surface area contributed by atoms with Gasteiger partial charge in [-0.25, -0.2) is 4.79 Å². The summed E-state index contributed by atoms with van der Waals surface area (Å²) in [4.78, 5) is 25.2. The number of alkyl carbamates (subject to hydrolysis) is 1. The molecule has 1 unspecified atom stereocenters. The van der Waals surface area contributed by atoms with Crippen LogP contribution in [0.2, 0.25) is 0 Å². The molecule has 0 spiro atoms. The third-order valence-corrected chi connectivity index (χ3v) is 4.67. The molecule has 3 rings (SSSR count). The van der Waals surface area contributed by atoms with Gasteiger partial charge in [0, 0.05) is 11.9 Å². The van der Waals surface area contributed by atoms with Crippen LogP contribution in [0.3, 0.4) is 0 Å². The smallest absolute Gasteiger partial charge is 0.464 e. The highest BCUT2D eigenvalue weighted by Crippen LogP contribution is 2.22. The molecule has 27 heavy (non-hydrogen) atoms. The maximum absolute atomic E-state index is 12.0. The van der Waals surface area contributed by atoms with Crippen LogP contribution in [0.25, 0.3) is 11.0 Å². The fraction of sp³-hybridized carbons (Fsp3) is 0.333. The Morgan fingerprint density at radius 1 is 1.44 bits per heavy atom. The van der Waals surface area contributed by atoms with Crippen LogP contribution in [0.15, 0.2) is 47.6 Å². The number of carbonyl (C=O) groups is 2. The fourth-order valence-corrected chi connectivity index (χ4v) is 3.05. The third kappa shape index (κ3) is 4.32. The summed E-state index contributed by atoms with van der Waals surface area (Å²) in [5.41, 5.74) is 1.42. The lowest BCUT2D eigenvalue weighted by molar-refractivity contribution is -0.134. The first-order valence-corrected chi connectivity index (χ1v) is 8.67. The Hall–Kier alpha value is -2.78. The average molecular weight is 372 g/mol. The summed E-state index contributed by atoms with van der Waals surface area (Å²) in [6, 6.07) is 7.17. The number of likely N-dealkylation sites (tertiary alicyclic amines) is 1. The normalized spacial score (nSPS) is 17.1. The lowest BCUT2D eigenvalue weighted by Crippen LogP contribution is -2.54. The molecule has 2 atom stereocenters. The molecule has 0 saturated carbocycles. The quantitative estimate of drug-likeness (QED) is 0.491. The molecule has 2 aromatic rings. The van der Waals surface area contributed by atoms with Gasteiger partial charge in [0.05, 0.1) is 18.2 Å². The van der Waals surface area contributed by atoms with E-state index < -0.39 is 19.2 Å². The van der Waals surface area contributed by atoms with Crippen LogP contribution in [0.1, 0.15) is 12.0 Å². The van der Waals surface area contributed by atoms with Crippen LogP contribution in [-0.2, 0) is 16.0 Å².